The van der Waals surface area contributed by atoms with Crippen LogP contribution in [0.5, 0.6) is 5.88 Å². The number of carbonyl (C=O) groups excluding carboxylic acids is 1. The van der Waals surface area contributed by atoms with Crippen molar-refractivity contribution in [1.82, 2.24) is 9.55 Å². The van der Waals surface area contributed by atoms with E-state index in [-0.39, 0.29) is 11.8 Å². The van der Waals surface area contributed by atoms with Crippen molar-refractivity contribution >= 4 is 28.6 Å². The Labute approximate surface area is 158 Å². The number of hydrogen-bond acceptors (Lipinski definition) is 5. The first kappa shape index (κ1) is 17.1. The number of amides is 1. The molecule has 0 spiro atoms. The molecular formula is C20H16N4O2S. The maximum absolute atomic E-state index is 12.5. The first-order valence-electron chi connectivity index (χ1n) is 8.33. The lowest BCUT2D eigenvalue weighted by Gasteiger charge is -2.02. The number of aromatic nitrogens is 2. The highest BCUT2D eigenvalue weighted by Gasteiger charge is 2.25. The summed E-state index contributed by atoms with van der Waals surface area (Å²) in [5, 5.41) is 12.1. The third-order valence-corrected chi connectivity index (χ3v) is 5.20. The van der Waals surface area contributed by atoms with Crippen LogP contribution in [0.3, 0.4) is 0 Å². The Hall–Kier alpha value is -3.32. The first-order chi connectivity index (χ1) is 13.1. The van der Waals surface area contributed by atoms with Gasteiger partial charge in [-0.25, -0.2) is 15.0 Å². The molecular weight excluding hydrogens is 360 g/mol. The summed E-state index contributed by atoms with van der Waals surface area (Å²) in [7, 11) is 0. The number of aryl methyl sites for hydroxylation is 1. The second kappa shape index (κ2) is 6.77. The van der Waals surface area contributed by atoms with Crippen LogP contribution >= 0.6 is 11.3 Å². The average molecular weight is 376 g/mol. The Balaban J connectivity index is 1.99. The Kier molecular flexibility index (Phi) is 4.29. The van der Waals surface area contributed by atoms with Crippen molar-refractivity contribution in [3.63, 3.8) is 0 Å². The van der Waals surface area contributed by atoms with Gasteiger partial charge in [0.1, 0.15) is 4.88 Å². The average Bonchev–Trinajstić information content (AvgIpc) is 3.12. The van der Waals surface area contributed by atoms with Crippen LogP contribution in [0.15, 0.2) is 65.1 Å². The maximum atomic E-state index is 12.5. The highest BCUT2D eigenvalue weighted by Crippen LogP contribution is 2.28. The van der Waals surface area contributed by atoms with Crippen molar-refractivity contribution in [2.75, 3.05) is 0 Å². The van der Waals surface area contributed by atoms with Gasteiger partial charge in [0, 0.05) is 17.5 Å². The fourth-order valence-corrected chi connectivity index (χ4v) is 4.01. The maximum Gasteiger partial charge on any atom is 0.279 e. The zero-order chi connectivity index (χ0) is 19.0. The van der Waals surface area contributed by atoms with Crippen LogP contribution in [0.2, 0.25) is 0 Å². The first-order valence-corrected chi connectivity index (χ1v) is 9.15. The number of rotatable bonds is 4. The second-order valence-corrected chi connectivity index (χ2v) is 6.97. The molecule has 0 bridgehead atoms. The van der Waals surface area contributed by atoms with Gasteiger partial charge >= 0.3 is 0 Å². The summed E-state index contributed by atoms with van der Waals surface area (Å²) in [5.41, 5.74) is 1.24. The van der Waals surface area contributed by atoms with Crippen LogP contribution in [-0.2, 0) is 11.3 Å². The van der Waals surface area contributed by atoms with Crippen LogP contribution < -0.4 is 15.4 Å². The van der Waals surface area contributed by atoms with Gasteiger partial charge in [0.15, 0.2) is 10.6 Å². The van der Waals surface area contributed by atoms with Gasteiger partial charge in [-0.1, -0.05) is 41.7 Å². The normalized spacial score (nSPS) is 13.6. The molecule has 3 aromatic rings. The molecule has 1 aromatic carbocycles. The molecule has 0 radical (unpaired) electrons. The number of carbonyl (C=O) groups is 1. The Morgan fingerprint density at radius 3 is 2.85 bits per heavy atom. The summed E-state index contributed by atoms with van der Waals surface area (Å²) in [4.78, 5) is 26.5. The Morgan fingerprint density at radius 1 is 1.26 bits per heavy atom. The summed E-state index contributed by atoms with van der Waals surface area (Å²) in [6.45, 7) is 5.98. The molecule has 7 heteroatoms. The molecule has 3 heterocycles. The SMILES string of the molecule is C=CCn1c(O)c(C2=c3ccccc3=NC2=O)s/c1=N/c1cccc(C)n1. The van der Waals surface area contributed by atoms with Gasteiger partial charge in [0.05, 0.1) is 10.9 Å². The molecule has 0 unspecified atom stereocenters. The van der Waals surface area contributed by atoms with Crippen LogP contribution in [0.4, 0.5) is 5.82 Å². The van der Waals surface area contributed by atoms with Crippen molar-refractivity contribution < 1.29 is 9.90 Å². The fourth-order valence-electron chi connectivity index (χ4n) is 2.92. The van der Waals surface area contributed by atoms with Crippen LogP contribution in [0, 0.1) is 6.92 Å². The highest BCUT2D eigenvalue weighted by molar-refractivity contribution is 7.11. The summed E-state index contributed by atoms with van der Waals surface area (Å²) >= 11 is 1.23. The van der Waals surface area contributed by atoms with E-state index in [0.717, 1.165) is 5.69 Å². The quantitative estimate of drug-likeness (QED) is 0.705. The molecule has 1 aliphatic heterocycles. The Morgan fingerprint density at radius 2 is 2.07 bits per heavy atom. The third-order valence-electron chi connectivity index (χ3n) is 4.11. The van der Waals surface area contributed by atoms with Gasteiger partial charge < -0.3 is 5.11 Å². The number of aromatic hydroxyl groups is 1. The third kappa shape index (κ3) is 3.02. The van der Waals surface area contributed by atoms with Crippen LogP contribution in [-0.4, -0.2) is 20.6 Å². The molecule has 27 heavy (non-hydrogen) atoms. The zero-order valence-corrected chi connectivity index (χ0v) is 15.4. The van der Waals surface area contributed by atoms with Gasteiger partial charge in [-0.3, -0.25) is 9.36 Å². The number of para-hydroxylation sites is 1. The number of pyridine rings is 1. The molecule has 1 aliphatic rings. The predicted octanol–water partition coefficient (Wildman–Crippen LogP) is 1.74. The smallest absolute Gasteiger partial charge is 0.279 e. The van der Waals surface area contributed by atoms with Crippen LogP contribution in [0.25, 0.3) is 5.57 Å². The predicted molar refractivity (Wildman–Crippen MR) is 103 cm³/mol. The fraction of sp³-hybridized carbons (Fsp3) is 0.100. The van der Waals surface area contributed by atoms with E-state index < -0.39 is 0 Å². The summed E-state index contributed by atoms with van der Waals surface area (Å²) < 4.78 is 1.61. The molecule has 0 saturated heterocycles. The second-order valence-electron chi connectivity index (χ2n) is 5.99. The molecule has 1 amide bonds. The molecule has 4 rings (SSSR count). The molecule has 0 saturated carbocycles. The lowest BCUT2D eigenvalue weighted by atomic mass is 10.1. The van der Waals surface area contributed by atoms with E-state index in [9.17, 15) is 9.90 Å². The van der Waals surface area contributed by atoms with E-state index in [2.05, 4.69) is 21.5 Å². The molecule has 0 fully saturated rings. The van der Waals surface area contributed by atoms with Crippen molar-refractivity contribution in [2.24, 2.45) is 9.98 Å². The van der Waals surface area contributed by atoms with Gasteiger partial charge in [-0.15, -0.1) is 6.58 Å². The van der Waals surface area contributed by atoms with Crippen molar-refractivity contribution in [1.29, 1.82) is 0 Å². The summed E-state index contributed by atoms with van der Waals surface area (Å²) in [5.74, 6) is 0.147. The number of benzene rings is 1. The minimum Gasteiger partial charge on any atom is -0.493 e. The molecule has 1 N–H and O–H groups in total. The minimum atomic E-state index is -0.362. The highest BCUT2D eigenvalue weighted by atomic mass is 32.1. The van der Waals surface area contributed by atoms with E-state index in [4.69, 9.17) is 0 Å². The monoisotopic (exact) mass is 376 g/mol. The molecule has 134 valence electrons. The topological polar surface area (TPSA) is 79.8 Å². The van der Waals surface area contributed by atoms with Crippen molar-refractivity contribution in [2.45, 2.75) is 13.5 Å². The summed E-state index contributed by atoms with van der Waals surface area (Å²) in [6, 6.07) is 12.8. The van der Waals surface area contributed by atoms with Crippen molar-refractivity contribution in [3.8, 4) is 5.88 Å². The zero-order valence-electron chi connectivity index (χ0n) is 14.6. The minimum absolute atomic E-state index is 0.0263. The lowest BCUT2D eigenvalue weighted by Crippen LogP contribution is -2.22. The number of allylic oxidation sites excluding steroid dienone is 1. The van der Waals surface area contributed by atoms with E-state index in [1.54, 1.807) is 22.8 Å². The lowest BCUT2D eigenvalue weighted by molar-refractivity contribution is -0.112. The van der Waals surface area contributed by atoms with E-state index in [1.807, 2.05) is 37.3 Å². The number of nitrogens with zero attached hydrogens (tertiary/aromatic N) is 4. The van der Waals surface area contributed by atoms with E-state index in [1.165, 1.54) is 11.3 Å². The van der Waals surface area contributed by atoms with E-state index in [0.29, 0.717) is 38.2 Å². The molecule has 0 aliphatic carbocycles. The molecule has 6 nitrogen and oxygen atoms in total. The summed E-state index contributed by atoms with van der Waals surface area (Å²) in [6.07, 6.45) is 1.67. The van der Waals surface area contributed by atoms with Gasteiger partial charge in [-0.2, -0.15) is 0 Å². The molecule has 2 aromatic heterocycles. The number of hydrogen-bond donors (Lipinski definition) is 1. The van der Waals surface area contributed by atoms with Crippen molar-refractivity contribution in [3.05, 3.63) is 81.1 Å². The Bertz CT molecular complexity index is 1270. The standard InChI is InChI=1S/C20H16N4O2S/c1-3-11-24-19(26)17(16-13-8-4-5-9-14(13)22-18(16)25)27-20(24)23-15-10-6-7-12(2)21-15/h3-10,26H,1,11H2,2H3/b23-20+. The van der Waals surface area contributed by atoms with E-state index >= 15 is 0 Å². The van der Waals surface area contributed by atoms with Crippen LogP contribution in [0.1, 0.15) is 10.6 Å². The van der Waals surface area contributed by atoms with Gasteiger partial charge in [0.25, 0.3) is 5.91 Å². The van der Waals surface area contributed by atoms with Gasteiger partial charge in [-0.05, 0) is 25.1 Å². The van der Waals surface area contributed by atoms with Gasteiger partial charge in [0.2, 0.25) is 5.88 Å². The molecule has 0 atom stereocenters. The number of fused-ring (bicyclic) bond motifs is 1. The number of thiazole rings is 1. The largest absolute Gasteiger partial charge is 0.493 e.